The lowest BCUT2D eigenvalue weighted by Gasteiger charge is -2.27. The van der Waals surface area contributed by atoms with Gasteiger partial charge in [0.05, 0.1) is 16.9 Å². The van der Waals surface area contributed by atoms with E-state index in [2.05, 4.69) is 5.32 Å². The number of benzene rings is 1. The average molecular weight is 279 g/mol. The summed E-state index contributed by atoms with van der Waals surface area (Å²) >= 11 is 0. The van der Waals surface area contributed by atoms with Gasteiger partial charge in [-0.05, 0) is 31.5 Å². The van der Waals surface area contributed by atoms with Crippen molar-refractivity contribution in [3.05, 3.63) is 23.8 Å². The SMILES string of the molecule is CCCNC(=O)C(C)N(C)c1ccc(C(=O)O)cc1N. The molecule has 1 unspecified atom stereocenters. The van der Waals surface area contributed by atoms with E-state index >= 15 is 0 Å². The molecule has 0 aliphatic rings. The quantitative estimate of drug-likeness (QED) is 0.682. The first-order valence-corrected chi connectivity index (χ1v) is 6.51. The van der Waals surface area contributed by atoms with E-state index in [1.807, 2.05) is 6.92 Å². The zero-order chi connectivity index (χ0) is 15.3. The maximum Gasteiger partial charge on any atom is 0.335 e. The number of hydrogen-bond acceptors (Lipinski definition) is 4. The molecular weight excluding hydrogens is 258 g/mol. The van der Waals surface area contributed by atoms with E-state index in [0.717, 1.165) is 6.42 Å². The van der Waals surface area contributed by atoms with Gasteiger partial charge in [-0.15, -0.1) is 0 Å². The number of amides is 1. The lowest BCUT2D eigenvalue weighted by Crippen LogP contribution is -2.43. The van der Waals surface area contributed by atoms with E-state index in [1.165, 1.54) is 12.1 Å². The van der Waals surface area contributed by atoms with Gasteiger partial charge in [0.2, 0.25) is 5.91 Å². The number of carboxylic acids is 1. The smallest absolute Gasteiger partial charge is 0.335 e. The highest BCUT2D eigenvalue weighted by Gasteiger charge is 2.20. The molecule has 4 N–H and O–H groups in total. The van der Waals surface area contributed by atoms with Gasteiger partial charge in [0.25, 0.3) is 0 Å². The second-order valence-corrected chi connectivity index (χ2v) is 4.66. The van der Waals surface area contributed by atoms with Crippen LogP contribution in [0.15, 0.2) is 18.2 Å². The summed E-state index contributed by atoms with van der Waals surface area (Å²) in [7, 11) is 1.75. The van der Waals surface area contributed by atoms with Crippen LogP contribution in [-0.2, 0) is 4.79 Å². The second kappa shape index (κ2) is 6.79. The molecule has 0 spiro atoms. The normalized spacial score (nSPS) is 11.8. The Morgan fingerprint density at radius 1 is 1.45 bits per heavy atom. The summed E-state index contributed by atoms with van der Waals surface area (Å²) in [5.41, 5.74) is 6.96. The molecule has 0 bridgehead atoms. The molecule has 1 aromatic rings. The van der Waals surface area contributed by atoms with Crippen molar-refractivity contribution in [1.29, 1.82) is 0 Å². The van der Waals surface area contributed by atoms with Crippen molar-refractivity contribution < 1.29 is 14.7 Å². The van der Waals surface area contributed by atoms with Gasteiger partial charge < -0.3 is 21.1 Å². The Bertz CT molecular complexity index is 502. The highest BCUT2D eigenvalue weighted by atomic mass is 16.4. The van der Waals surface area contributed by atoms with Crippen molar-refractivity contribution in [1.82, 2.24) is 5.32 Å². The van der Waals surface area contributed by atoms with E-state index in [4.69, 9.17) is 10.8 Å². The minimum Gasteiger partial charge on any atom is -0.478 e. The molecule has 110 valence electrons. The third-order valence-electron chi connectivity index (χ3n) is 3.16. The molecule has 1 rings (SSSR count). The highest BCUT2D eigenvalue weighted by Crippen LogP contribution is 2.25. The topological polar surface area (TPSA) is 95.7 Å². The summed E-state index contributed by atoms with van der Waals surface area (Å²) < 4.78 is 0. The number of anilines is 2. The maximum absolute atomic E-state index is 11.9. The van der Waals surface area contributed by atoms with E-state index in [0.29, 0.717) is 17.9 Å². The van der Waals surface area contributed by atoms with Crippen molar-refractivity contribution in [2.24, 2.45) is 0 Å². The number of carboxylic acid groups (broad SMARTS) is 1. The number of nitrogen functional groups attached to an aromatic ring is 1. The van der Waals surface area contributed by atoms with Gasteiger partial charge >= 0.3 is 5.97 Å². The van der Waals surface area contributed by atoms with Crippen LogP contribution in [0.3, 0.4) is 0 Å². The number of nitrogens with two attached hydrogens (primary N) is 1. The zero-order valence-electron chi connectivity index (χ0n) is 12.0. The molecule has 0 fully saturated rings. The number of carbonyl (C=O) groups excluding carboxylic acids is 1. The molecule has 0 saturated heterocycles. The summed E-state index contributed by atoms with van der Waals surface area (Å²) in [6.45, 7) is 4.39. The van der Waals surface area contributed by atoms with Crippen molar-refractivity contribution in [3.63, 3.8) is 0 Å². The van der Waals surface area contributed by atoms with E-state index in [1.54, 1.807) is 24.9 Å². The fraction of sp³-hybridized carbons (Fsp3) is 0.429. The van der Waals surface area contributed by atoms with Gasteiger partial charge in [0, 0.05) is 13.6 Å². The van der Waals surface area contributed by atoms with Crippen molar-refractivity contribution in [3.8, 4) is 0 Å². The van der Waals surface area contributed by atoms with Gasteiger partial charge in [-0.25, -0.2) is 4.79 Å². The van der Waals surface area contributed by atoms with Crippen LogP contribution in [-0.4, -0.2) is 36.6 Å². The molecule has 0 heterocycles. The van der Waals surface area contributed by atoms with Crippen LogP contribution in [0.25, 0.3) is 0 Å². The second-order valence-electron chi connectivity index (χ2n) is 4.66. The number of aromatic carboxylic acids is 1. The van der Waals surface area contributed by atoms with E-state index < -0.39 is 5.97 Å². The number of rotatable bonds is 6. The number of nitrogens with zero attached hydrogens (tertiary/aromatic N) is 1. The van der Waals surface area contributed by atoms with Crippen LogP contribution >= 0.6 is 0 Å². The largest absolute Gasteiger partial charge is 0.478 e. The predicted molar refractivity (Wildman–Crippen MR) is 79.0 cm³/mol. The van der Waals surface area contributed by atoms with Gasteiger partial charge in [0.1, 0.15) is 6.04 Å². The van der Waals surface area contributed by atoms with Crippen LogP contribution in [0, 0.1) is 0 Å². The van der Waals surface area contributed by atoms with Gasteiger partial charge in [-0.2, -0.15) is 0 Å². The van der Waals surface area contributed by atoms with Crippen LogP contribution in [0.2, 0.25) is 0 Å². The molecule has 6 heteroatoms. The first-order chi connectivity index (χ1) is 9.38. The Kier molecular flexibility index (Phi) is 5.37. The Labute approximate surface area is 118 Å². The standard InChI is InChI=1S/C14H21N3O3/c1-4-7-16-13(18)9(2)17(3)12-6-5-10(14(19)20)8-11(12)15/h5-6,8-9H,4,7,15H2,1-3H3,(H,16,18)(H,19,20). The lowest BCUT2D eigenvalue weighted by molar-refractivity contribution is -0.121. The van der Waals surface area contributed by atoms with Gasteiger partial charge in [-0.3, -0.25) is 4.79 Å². The Morgan fingerprint density at radius 2 is 2.10 bits per heavy atom. The van der Waals surface area contributed by atoms with Crippen molar-refractivity contribution >= 4 is 23.3 Å². The highest BCUT2D eigenvalue weighted by molar-refractivity contribution is 5.91. The lowest BCUT2D eigenvalue weighted by atomic mass is 10.1. The minimum absolute atomic E-state index is 0.0870. The number of carbonyl (C=O) groups is 2. The molecule has 1 amide bonds. The average Bonchev–Trinajstić information content (AvgIpc) is 2.42. The summed E-state index contributed by atoms with van der Waals surface area (Å²) in [6, 6.07) is 4.09. The maximum atomic E-state index is 11.9. The Hall–Kier alpha value is -2.24. The molecule has 0 aliphatic carbocycles. The number of nitrogens with one attached hydrogen (secondary N) is 1. The summed E-state index contributed by atoms with van der Waals surface area (Å²) in [6.07, 6.45) is 0.873. The first kappa shape index (κ1) is 15.8. The van der Waals surface area contributed by atoms with Crippen molar-refractivity contribution in [2.45, 2.75) is 26.3 Å². The molecular formula is C14H21N3O3. The minimum atomic E-state index is -1.03. The molecule has 0 saturated carbocycles. The zero-order valence-corrected chi connectivity index (χ0v) is 12.0. The van der Waals surface area contributed by atoms with Crippen molar-refractivity contribution in [2.75, 3.05) is 24.2 Å². The predicted octanol–water partition coefficient (Wildman–Crippen LogP) is 1.32. The summed E-state index contributed by atoms with van der Waals surface area (Å²) in [5, 5.41) is 11.7. The van der Waals surface area contributed by atoms with Gasteiger partial charge in [0.15, 0.2) is 0 Å². The third-order valence-corrected chi connectivity index (χ3v) is 3.16. The van der Waals surface area contributed by atoms with Crippen LogP contribution < -0.4 is 16.0 Å². The fourth-order valence-corrected chi connectivity index (χ4v) is 1.79. The van der Waals surface area contributed by atoms with E-state index in [-0.39, 0.29) is 17.5 Å². The molecule has 1 atom stereocenters. The molecule has 1 aromatic carbocycles. The van der Waals surface area contributed by atoms with Gasteiger partial charge in [-0.1, -0.05) is 6.92 Å². The van der Waals surface area contributed by atoms with Crippen LogP contribution in [0.5, 0.6) is 0 Å². The molecule has 20 heavy (non-hydrogen) atoms. The molecule has 6 nitrogen and oxygen atoms in total. The summed E-state index contributed by atoms with van der Waals surface area (Å²) in [4.78, 5) is 24.5. The van der Waals surface area contributed by atoms with E-state index in [9.17, 15) is 9.59 Å². The fourth-order valence-electron chi connectivity index (χ4n) is 1.79. The molecule has 0 aromatic heterocycles. The third kappa shape index (κ3) is 3.63. The molecule has 0 aliphatic heterocycles. The Morgan fingerprint density at radius 3 is 2.60 bits per heavy atom. The number of hydrogen-bond donors (Lipinski definition) is 3. The number of likely N-dealkylation sites (N-methyl/N-ethyl adjacent to an activating group) is 1. The Balaban J connectivity index is 2.88. The van der Waals surface area contributed by atoms with Crippen LogP contribution in [0.4, 0.5) is 11.4 Å². The monoisotopic (exact) mass is 279 g/mol. The van der Waals surface area contributed by atoms with Crippen LogP contribution in [0.1, 0.15) is 30.6 Å². The first-order valence-electron chi connectivity index (χ1n) is 6.51. The summed E-state index contributed by atoms with van der Waals surface area (Å²) in [5.74, 6) is -1.12. The molecule has 0 radical (unpaired) electrons.